The van der Waals surface area contributed by atoms with E-state index in [0.717, 1.165) is 41.6 Å². The van der Waals surface area contributed by atoms with Gasteiger partial charge in [0.2, 0.25) is 0 Å². The van der Waals surface area contributed by atoms with Gasteiger partial charge in [-0.05, 0) is 12.8 Å². The Hall–Kier alpha value is -2.68. The van der Waals surface area contributed by atoms with Gasteiger partial charge in [-0.15, -0.1) is 0 Å². The molecule has 0 saturated carbocycles. The average molecular weight is 301 g/mol. The van der Waals surface area contributed by atoms with Crippen molar-refractivity contribution in [2.45, 2.75) is 12.8 Å². The molecular weight excluding hydrogens is 282 g/mol. The second-order valence-electron chi connectivity index (χ2n) is 5.86. The molecule has 0 radical (unpaired) electrons. The van der Waals surface area contributed by atoms with Gasteiger partial charge in [-0.1, -0.05) is 60.7 Å². The van der Waals surface area contributed by atoms with Crippen LogP contribution >= 0.6 is 0 Å². The molecule has 23 heavy (non-hydrogen) atoms. The Kier molecular flexibility index (Phi) is 3.76. The monoisotopic (exact) mass is 301 g/mol. The molecule has 0 amide bonds. The lowest BCUT2D eigenvalue weighted by Crippen LogP contribution is -2.19. The summed E-state index contributed by atoms with van der Waals surface area (Å²) >= 11 is 0. The minimum absolute atomic E-state index is 0.800. The lowest BCUT2D eigenvalue weighted by molar-refractivity contribution is 0.931. The zero-order valence-electron chi connectivity index (χ0n) is 13.0. The van der Waals surface area contributed by atoms with Crippen molar-refractivity contribution in [2.24, 2.45) is 0 Å². The minimum Gasteiger partial charge on any atom is -0.356 e. The Morgan fingerprint density at radius 3 is 1.96 bits per heavy atom. The number of rotatable bonds is 3. The fourth-order valence-corrected chi connectivity index (χ4v) is 3.02. The summed E-state index contributed by atoms with van der Waals surface area (Å²) < 4.78 is 0. The highest BCUT2D eigenvalue weighted by molar-refractivity contribution is 5.68. The van der Waals surface area contributed by atoms with Crippen molar-refractivity contribution < 1.29 is 0 Å². The predicted molar refractivity (Wildman–Crippen MR) is 94.4 cm³/mol. The fourth-order valence-electron chi connectivity index (χ4n) is 3.02. The second-order valence-corrected chi connectivity index (χ2v) is 5.86. The molecule has 4 rings (SSSR count). The van der Waals surface area contributed by atoms with E-state index in [1.54, 1.807) is 0 Å². The van der Waals surface area contributed by atoms with Crippen molar-refractivity contribution >= 4 is 5.82 Å². The molecule has 1 fully saturated rings. The molecule has 2 aromatic carbocycles. The van der Waals surface area contributed by atoms with Crippen LogP contribution in [-0.4, -0.2) is 23.1 Å². The predicted octanol–water partition coefficient (Wildman–Crippen LogP) is 4.41. The first kappa shape index (κ1) is 13.9. The largest absolute Gasteiger partial charge is 0.356 e. The molecule has 0 bridgehead atoms. The molecule has 2 heterocycles. The highest BCUT2D eigenvalue weighted by Crippen LogP contribution is 2.27. The van der Waals surface area contributed by atoms with E-state index >= 15 is 0 Å². The van der Waals surface area contributed by atoms with Crippen LogP contribution in [0.5, 0.6) is 0 Å². The highest BCUT2D eigenvalue weighted by atomic mass is 15.2. The van der Waals surface area contributed by atoms with Crippen LogP contribution in [0, 0.1) is 0 Å². The van der Waals surface area contributed by atoms with Crippen molar-refractivity contribution in [1.82, 2.24) is 9.97 Å². The molecule has 1 aromatic heterocycles. The SMILES string of the molecule is c1ccc(-c2cc(N3CCCC3)nc(-c3ccccc3)n2)cc1. The van der Waals surface area contributed by atoms with Gasteiger partial charge in [0.15, 0.2) is 5.82 Å². The van der Waals surface area contributed by atoms with Gasteiger partial charge in [-0.3, -0.25) is 0 Å². The number of nitrogens with zero attached hydrogens (tertiary/aromatic N) is 3. The maximum absolute atomic E-state index is 4.83. The van der Waals surface area contributed by atoms with Crippen molar-refractivity contribution in [3.05, 3.63) is 66.7 Å². The van der Waals surface area contributed by atoms with E-state index in [2.05, 4.69) is 47.4 Å². The van der Waals surface area contributed by atoms with Crippen LogP contribution in [0.2, 0.25) is 0 Å². The fraction of sp³-hybridized carbons (Fsp3) is 0.200. The summed E-state index contributed by atoms with van der Waals surface area (Å²) in [6, 6.07) is 22.7. The Balaban J connectivity index is 1.84. The van der Waals surface area contributed by atoms with Gasteiger partial charge >= 0.3 is 0 Å². The summed E-state index contributed by atoms with van der Waals surface area (Å²) in [6.07, 6.45) is 2.48. The Bertz CT molecular complexity index is 721. The molecule has 0 aliphatic carbocycles. The van der Waals surface area contributed by atoms with Crippen LogP contribution in [-0.2, 0) is 0 Å². The molecule has 1 aliphatic rings. The van der Waals surface area contributed by atoms with Gasteiger partial charge < -0.3 is 4.90 Å². The number of aromatic nitrogens is 2. The standard InChI is InChI=1S/C20H19N3/c1-3-9-16(10-4-1)18-15-19(23-13-7-8-14-23)22-20(21-18)17-11-5-2-6-12-17/h1-6,9-12,15H,7-8,13-14H2. The van der Waals surface area contributed by atoms with Crippen molar-refractivity contribution in [3.63, 3.8) is 0 Å². The zero-order valence-corrected chi connectivity index (χ0v) is 13.0. The third-order valence-corrected chi connectivity index (χ3v) is 4.24. The molecule has 3 aromatic rings. The molecule has 1 saturated heterocycles. The lowest BCUT2D eigenvalue weighted by Gasteiger charge is -2.18. The molecule has 0 N–H and O–H groups in total. The summed E-state index contributed by atoms with van der Waals surface area (Å²) in [5.41, 5.74) is 3.18. The topological polar surface area (TPSA) is 29.0 Å². The molecule has 0 atom stereocenters. The van der Waals surface area contributed by atoms with Crippen LogP contribution in [0.25, 0.3) is 22.6 Å². The van der Waals surface area contributed by atoms with Crippen LogP contribution in [0.15, 0.2) is 66.7 Å². The van der Waals surface area contributed by atoms with Crippen molar-refractivity contribution in [3.8, 4) is 22.6 Å². The zero-order chi connectivity index (χ0) is 15.5. The first-order valence-electron chi connectivity index (χ1n) is 8.15. The third kappa shape index (κ3) is 2.95. The first-order chi connectivity index (χ1) is 11.4. The van der Waals surface area contributed by atoms with Gasteiger partial charge in [0.1, 0.15) is 5.82 Å². The van der Waals surface area contributed by atoms with E-state index in [1.807, 2.05) is 24.3 Å². The molecular formula is C20H19N3. The summed E-state index contributed by atoms with van der Waals surface area (Å²) in [5, 5.41) is 0. The number of anilines is 1. The number of benzene rings is 2. The Morgan fingerprint density at radius 2 is 1.30 bits per heavy atom. The van der Waals surface area contributed by atoms with Gasteiger partial charge in [-0.25, -0.2) is 9.97 Å². The van der Waals surface area contributed by atoms with E-state index in [-0.39, 0.29) is 0 Å². The maximum atomic E-state index is 4.83. The van der Waals surface area contributed by atoms with E-state index in [0.29, 0.717) is 0 Å². The highest BCUT2D eigenvalue weighted by Gasteiger charge is 2.16. The van der Waals surface area contributed by atoms with Crippen molar-refractivity contribution in [1.29, 1.82) is 0 Å². The van der Waals surface area contributed by atoms with Crippen LogP contribution in [0.1, 0.15) is 12.8 Å². The summed E-state index contributed by atoms with van der Waals surface area (Å²) in [7, 11) is 0. The molecule has 114 valence electrons. The Labute approximate surface area is 136 Å². The van der Waals surface area contributed by atoms with Crippen LogP contribution in [0.4, 0.5) is 5.82 Å². The smallest absolute Gasteiger partial charge is 0.162 e. The van der Waals surface area contributed by atoms with Gasteiger partial charge in [0.25, 0.3) is 0 Å². The minimum atomic E-state index is 0.800. The van der Waals surface area contributed by atoms with E-state index in [4.69, 9.17) is 9.97 Å². The number of hydrogen-bond donors (Lipinski definition) is 0. The van der Waals surface area contributed by atoms with Gasteiger partial charge in [0.05, 0.1) is 5.69 Å². The average Bonchev–Trinajstić information content (AvgIpc) is 3.18. The molecule has 1 aliphatic heterocycles. The third-order valence-electron chi connectivity index (χ3n) is 4.24. The van der Waals surface area contributed by atoms with E-state index in [9.17, 15) is 0 Å². The van der Waals surface area contributed by atoms with Crippen LogP contribution in [0.3, 0.4) is 0 Å². The second kappa shape index (κ2) is 6.21. The Morgan fingerprint density at radius 1 is 0.696 bits per heavy atom. The molecule has 3 nitrogen and oxygen atoms in total. The lowest BCUT2D eigenvalue weighted by atomic mass is 10.1. The van der Waals surface area contributed by atoms with Gasteiger partial charge in [0, 0.05) is 30.3 Å². The summed E-state index contributed by atoms with van der Waals surface area (Å²) in [5.74, 6) is 1.84. The molecule has 3 heteroatoms. The normalized spacial score (nSPS) is 14.2. The molecule has 0 spiro atoms. The number of hydrogen-bond acceptors (Lipinski definition) is 3. The van der Waals surface area contributed by atoms with E-state index < -0.39 is 0 Å². The van der Waals surface area contributed by atoms with Crippen LogP contribution < -0.4 is 4.90 Å². The van der Waals surface area contributed by atoms with Gasteiger partial charge in [-0.2, -0.15) is 0 Å². The summed E-state index contributed by atoms with van der Waals surface area (Å²) in [4.78, 5) is 12.0. The van der Waals surface area contributed by atoms with Crippen molar-refractivity contribution in [2.75, 3.05) is 18.0 Å². The summed E-state index contributed by atoms with van der Waals surface area (Å²) in [6.45, 7) is 2.17. The van der Waals surface area contributed by atoms with E-state index in [1.165, 1.54) is 12.8 Å². The first-order valence-corrected chi connectivity index (χ1v) is 8.15. The maximum Gasteiger partial charge on any atom is 0.162 e. The molecule has 0 unspecified atom stereocenters. The quantitative estimate of drug-likeness (QED) is 0.717.